The van der Waals surface area contributed by atoms with Crippen molar-refractivity contribution in [1.29, 1.82) is 0 Å². The minimum atomic E-state index is -0.126. The van der Waals surface area contributed by atoms with Gasteiger partial charge in [0, 0.05) is 24.0 Å². The first kappa shape index (κ1) is 9.73. The first-order chi connectivity index (χ1) is 7.20. The van der Waals surface area contributed by atoms with Gasteiger partial charge in [0.25, 0.3) is 0 Å². The second-order valence-corrected chi connectivity index (χ2v) is 3.36. The first-order valence-electron chi connectivity index (χ1n) is 4.69. The van der Waals surface area contributed by atoms with Crippen LogP contribution in [0.15, 0.2) is 28.8 Å². The first-order valence-corrected chi connectivity index (χ1v) is 4.69. The number of ketones is 1. The highest BCUT2D eigenvalue weighted by Gasteiger charge is 2.13. The molecule has 15 heavy (non-hydrogen) atoms. The summed E-state index contributed by atoms with van der Waals surface area (Å²) in [6, 6.07) is 5.18. The topological polar surface area (TPSA) is 72.0 Å². The van der Waals surface area contributed by atoms with Crippen molar-refractivity contribution >= 4 is 5.78 Å². The smallest absolute Gasteiger partial charge is 0.229 e. The molecule has 0 radical (unpaired) electrons. The maximum atomic E-state index is 11.8. The summed E-state index contributed by atoms with van der Waals surface area (Å²) in [5.74, 6) is 0.960. The van der Waals surface area contributed by atoms with E-state index in [-0.39, 0.29) is 5.78 Å². The molecule has 0 fully saturated rings. The lowest BCUT2D eigenvalue weighted by molar-refractivity contribution is 0.101. The third-order valence-corrected chi connectivity index (χ3v) is 2.19. The highest BCUT2D eigenvalue weighted by atomic mass is 16.3. The number of aryl methyl sites for hydroxylation is 1. The van der Waals surface area contributed by atoms with E-state index < -0.39 is 0 Å². The predicted octanol–water partition coefficient (Wildman–Crippen LogP) is 1.61. The van der Waals surface area contributed by atoms with Crippen LogP contribution in [-0.4, -0.2) is 10.8 Å². The van der Waals surface area contributed by atoms with E-state index in [1.54, 1.807) is 31.3 Å². The average Bonchev–Trinajstić information content (AvgIpc) is 2.84. The molecule has 0 aromatic carbocycles. The summed E-state index contributed by atoms with van der Waals surface area (Å²) >= 11 is 0. The standard InChI is InChI=1S/C11H12N2O2/c1-7-2-3-10(15-7)11(14)8-4-9(5-12)13-6-8/h2-4,6,13H,5,12H2,1H3. The Kier molecular flexibility index (Phi) is 2.43. The molecule has 0 aliphatic carbocycles. The molecule has 0 atom stereocenters. The number of carbonyl (C=O) groups excluding carboxylic acids is 1. The molecule has 0 aliphatic rings. The van der Waals surface area contributed by atoms with Crippen LogP contribution in [0, 0.1) is 6.92 Å². The highest BCUT2D eigenvalue weighted by Crippen LogP contribution is 2.13. The highest BCUT2D eigenvalue weighted by molar-refractivity contribution is 6.07. The fourth-order valence-corrected chi connectivity index (χ4v) is 1.39. The van der Waals surface area contributed by atoms with E-state index in [1.165, 1.54) is 0 Å². The molecule has 0 bridgehead atoms. The normalized spacial score (nSPS) is 10.5. The number of rotatable bonds is 3. The molecule has 4 nitrogen and oxygen atoms in total. The number of nitrogens with one attached hydrogen (secondary N) is 1. The molecule has 0 unspecified atom stereocenters. The van der Waals surface area contributed by atoms with Gasteiger partial charge in [0.2, 0.25) is 5.78 Å². The molecule has 0 spiro atoms. The Hall–Kier alpha value is -1.81. The Balaban J connectivity index is 2.28. The summed E-state index contributed by atoms with van der Waals surface area (Å²) in [7, 11) is 0. The van der Waals surface area contributed by atoms with Crippen molar-refractivity contribution < 1.29 is 9.21 Å². The Morgan fingerprint density at radius 3 is 2.87 bits per heavy atom. The summed E-state index contributed by atoms with van der Waals surface area (Å²) in [6.07, 6.45) is 1.64. The van der Waals surface area contributed by atoms with E-state index in [9.17, 15) is 4.79 Å². The Labute approximate surface area is 87.1 Å². The number of hydrogen-bond donors (Lipinski definition) is 2. The van der Waals surface area contributed by atoms with E-state index >= 15 is 0 Å². The van der Waals surface area contributed by atoms with Gasteiger partial charge in [-0.15, -0.1) is 0 Å². The molecule has 0 saturated heterocycles. The maximum absolute atomic E-state index is 11.8. The van der Waals surface area contributed by atoms with Crippen molar-refractivity contribution in [3.63, 3.8) is 0 Å². The second kappa shape index (κ2) is 3.74. The lowest BCUT2D eigenvalue weighted by Gasteiger charge is -1.91. The number of carbonyl (C=O) groups is 1. The Bertz CT molecular complexity index is 482. The average molecular weight is 204 g/mol. The van der Waals surface area contributed by atoms with Gasteiger partial charge in [0.05, 0.1) is 0 Å². The lowest BCUT2D eigenvalue weighted by Crippen LogP contribution is -1.98. The minimum Gasteiger partial charge on any atom is -0.458 e. The van der Waals surface area contributed by atoms with Gasteiger partial charge in [0.15, 0.2) is 5.76 Å². The quantitative estimate of drug-likeness (QED) is 0.746. The van der Waals surface area contributed by atoms with Crippen LogP contribution in [0.25, 0.3) is 0 Å². The van der Waals surface area contributed by atoms with Gasteiger partial charge in [-0.25, -0.2) is 0 Å². The summed E-state index contributed by atoms with van der Waals surface area (Å²) in [6.45, 7) is 2.20. The fraction of sp³-hybridized carbons (Fsp3) is 0.182. The SMILES string of the molecule is Cc1ccc(C(=O)c2c[nH]c(CN)c2)o1. The van der Waals surface area contributed by atoms with E-state index in [1.807, 2.05) is 0 Å². The number of furan rings is 1. The number of aromatic nitrogens is 1. The number of H-pyrrole nitrogens is 1. The van der Waals surface area contributed by atoms with Gasteiger partial charge in [-0.3, -0.25) is 4.79 Å². The molecule has 2 aromatic heterocycles. The number of nitrogens with two attached hydrogens (primary N) is 1. The van der Waals surface area contributed by atoms with Crippen LogP contribution in [0.2, 0.25) is 0 Å². The van der Waals surface area contributed by atoms with Crippen LogP contribution < -0.4 is 5.73 Å². The Morgan fingerprint density at radius 1 is 1.53 bits per heavy atom. The van der Waals surface area contributed by atoms with E-state index in [4.69, 9.17) is 10.2 Å². The third-order valence-electron chi connectivity index (χ3n) is 2.19. The Morgan fingerprint density at radius 2 is 2.33 bits per heavy atom. The van der Waals surface area contributed by atoms with Crippen LogP contribution in [0.3, 0.4) is 0 Å². The van der Waals surface area contributed by atoms with Gasteiger partial charge in [-0.2, -0.15) is 0 Å². The van der Waals surface area contributed by atoms with Gasteiger partial charge in [0.1, 0.15) is 5.76 Å². The molecule has 2 aromatic rings. The van der Waals surface area contributed by atoms with Crippen LogP contribution in [0.1, 0.15) is 27.6 Å². The molecular formula is C11H12N2O2. The van der Waals surface area contributed by atoms with E-state index in [0.717, 1.165) is 11.5 Å². The van der Waals surface area contributed by atoms with Crippen LogP contribution in [0.5, 0.6) is 0 Å². The molecule has 0 amide bonds. The zero-order valence-corrected chi connectivity index (χ0v) is 8.41. The van der Waals surface area contributed by atoms with Crippen LogP contribution >= 0.6 is 0 Å². The predicted molar refractivity (Wildman–Crippen MR) is 55.6 cm³/mol. The number of hydrogen-bond acceptors (Lipinski definition) is 3. The monoisotopic (exact) mass is 204 g/mol. The summed E-state index contributed by atoms with van der Waals surface area (Å²) in [5, 5.41) is 0. The van der Waals surface area contributed by atoms with Crippen molar-refractivity contribution in [1.82, 2.24) is 4.98 Å². The van der Waals surface area contributed by atoms with Crippen LogP contribution in [0.4, 0.5) is 0 Å². The van der Waals surface area contributed by atoms with Crippen molar-refractivity contribution in [2.45, 2.75) is 13.5 Å². The van der Waals surface area contributed by atoms with Crippen molar-refractivity contribution in [3.8, 4) is 0 Å². The molecule has 2 heterocycles. The zero-order valence-electron chi connectivity index (χ0n) is 8.41. The summed E-state index contributed by atoms with van der Waals surface area (Å²) < 4.78 is 5.25. The zero-order chi connectivity index (χ0) is 10.8. The van der Waals surface area contributed by atoms with Crippen molar-refractivity contribution in [2.24, 2.45) is 5.73 Å². The lowest BCUT2D eigenvalue weighted by atomic mass is 10.2. The maximum Gasteiger partial charge on any atom is 0.229 e. The van der Waals surface area contributed by atoms with Crippen LogP contribution in [-0.2, 0) is 6.54 Å². The largest absolute Gasteiger partial charge is 0.458 e. The molecule has 3 N–H and O–H groups in total. The molecule has 2 rings (SSSR count). The van der Waals surface area contributed by atoms with E-state index in [2.05, 4.69) is 4.98 Å². The molecule has 0 aliphatic heterocycles. The van der Waals surface area contributed by atoms with Gasteiger partial charge in [-0.05, 0) is 25.1 Å². The van der Waals surface area contributed by atoms with Gasteiger partial charge >= 0.3 is 0 Å². The molecule has 4 heteroatoms. The number of aromatic amines is 1. The second-order valence-electron chi connectivity index (χ2n) is 3.36. The summed E-state index contributed by atoms with van der Waals surface area (Å²) in [4.78, 5) is 14.8. The third kappa shape index (κ3) is 1.85. The van der Waals surface area contributed by atoms with E-state index in [0.29, 0.717) is 17.9 Å². The van der Waals surface area contributed by atoms with Gasteiger partial charge in [-0.1, -0.05) is 0 Å². The minimum absolute atomic E-state index is 0.126. The molecule has 0 saturated carbocycles. The van der Waals surface area contributed by atoms with Gasteiger partial charge < -0.3 is 15.1 Å². The fourth-order valence-electron chi connectivity index (χ4n) is 1.39. The summed E-state index contributed by atoms with van der Waals surface area (Å²) in [5.41, 5.74) is 6.85. The molecule has 78 valence electrons. The van der Waals surface area contributed by atoms with Crippen molar-refractivity contribution in [3.05, 3.63) is 47.2 Å². The van der Waals surface area contributed by atoms with Crippen molar-refractivity contribution in [2.75, 3.05) is 0 Å². The molecular weight excluding hydrogens is 192 g/mol.